The maximum absolute atomic E-state index is 12.7. The third kappa shape index (κ3) is 5.70. The number of esters is 1. The van der Waals surface area contributed by atoms with Crippen molar-refractivity contribution in [3.63, 3.8) is 0 Å². The van der Waals surface area contributed by atoms with Gasteiger partial charge in [-0.05, 0) is 55.2 Å². The number of nitrogens with one attached hydrogen (secondary N) is 2. The van der Waals surface area contributed by atoms with Crippen LogP contribution in [0.5, 0.6) is 0 Å². The van der Waals surface area contributed by atoms with Crippen molar-refractivity contribution in [3.8, 4) is 0 Å². The minimum absolute atomic E-state index is 0.143. The van der Waals surface area contributed by atoms with E-state index in [0.717, 1.165) is 5.56 Å². The summed E-state index contributed by atoms with van der Waals surface area (Å²) in [5, 5.41) is 3.71. The number of carbonyl (C=O) groups excluding carboxylic acids is 2. The van der Waals surface area contributed by atoms with Gasteiger partial charge in [-0.3, -0.25) is 9.59 Å². The van der Waals surface area contributed by atoms with Crippen LogP contribution in [0.3, 0.4) is 0 Å². The summed E-state index contributed by atoms with van der Waals surface area (Å²) in [6.07, 6.45) is 0.402. The van der Waals surface area contributed by atoms with Crippen LogP contribution < -0.4 is 10.9 Å². The third-order valence-electron chi connectivity index (χ3n) is 4.74. The molecule has 0 spiro atoms. The van der Waals surface area contributed by atoms with Gasteiger partial charge in [0.1, 0.15) is 18.5 Å². The van der Waals surface area contributed by atoms with E-state index in [-0.39, 0.29) is 23.9 Å². The molecule has 1 unspecified atom stereocenters. The maximum Gasteiger partial charge on any atom is 0.329 e. The van der Waals surface area contributed by atoms with Gasteiger partial charge in [0, 0.05) is 10.6 Å². The number of nitrogens with zero attached hydrogens (tertiary/aromatic N) is 1. The van der Waals surface area contributed by atoms with E-state index in [1.54, 1.807) is 36.4 Å². The normalized spacial score (nSPS) is 12.0. The molecule has 0 bridgehead atoms. The molecule has 2 aromatic carbocycles. The molecule has 31 heavy (non-hydrogen) atoms. The second-order valence-electron chi connectivity index (χ2n) is 7.75. The standard InChI is InChI=1S/C23H24ClN3O4/c1-13(2)11-18(25-21(28)15-7-9-16(24)10-8-15)23(30)31-12-19-26-20-14(3)5-4-6-17(20)22(29)27-19/h4-10,13,18H,11-12H2,1-3H3,(H,25,28)(H,26,27,29). The molecular formula is C23H24ClN3O4. The molecule has 0 saturated heterocycles. The quantitative estimate of drug-likeness (QED) is 0.543. The molecule has 1 heterocycles. The number of aromatic nitrogens is 2. The number of aromatic amines is 1. The van der Waals surface area contributed by atoms with Gasteiger partial charge >= 0.3 is 5.97 Å². The largest absolute Gasteiger partial charge is 0.456 e. The van der Waals surface area contributed by atoms with Crippen LogP contribution >= 0.6 is 11.6 Å². The molecule has 0 aliphatic heterocycles. The number of rotatable bonds is 7. The van der Waals surface area contributed by atoms with E-state index in [1.165, 1.54) is 0 Å². The summed E-state index contributed by atoms with van der Waals surface area (Å²) in [4.78, 5) is 44.6. The first-order valence-corrected chi connectivity index (χ1v) is 10.3. The minimum Gasteiger partial charge on any atom is -0.456 e. The number of benzene rings is 2. The topological polar surface area (TPSA) is 101 Å². The molecule has 8 heteroatoms. The summed E-state index contributed by atoms with van der Waals surface area (Å²) >= 11 is 5.86. The Morgan fingerprint density at radius 3 is 2.55 bits per heavy atom. The molecule has 0 aliphatic carbocycles. The summed E-state index contributed by atoms with van der Waals surface area (Å²) in [5.74, 6) is -0.604. The molecule has 0 aliphatic rings. The molecule has 0 saturated carbocycles. The van der Waals surface area contributed by atoms with Crippen LogP contribution in [0.4, 0.5) is 0 Å². The first kappa shape index (κ1) is 22.5. The van der Waals surface area contributed by atoms with Crippen molar-refractivity contribution < 1.29 is 14.3 Å². The van der Waals surface area contributed by atoms with Gasteiger partial charge in [-0.15, -0.1) is 0 Å². The predicted octanol–water partition coefficient (Wildman–Crippen LogP) is 3.77. The smallest absolute Gasteiger partial charge is 0.329 e. The lowest BCUT2D eigenvalue weighted by Crippen LogP contribution is -2.42. The molecule has 1 aromatic heterocycles. The number of halogens is 1. The van der Waals surface area contributed by atoms with Crippen LogP contribution in [0.1, 0.15) is 42.0 Å². The van der Waals surface area contributed by atoms with Crippen LogP contribution in [-0.2, 0) is 16.1 Å². The number of H-pyrrole nitrogens is 1. The van der Waals surface area contributed by atoms with Crippen molar-refractivity contribution in [1.29, 1.82) is 0 Å². The van der Waals surface area contributed by atoms with Crippen molar-refractivity contribution in [3.05, 3.63) is 74.8 Å². The first-order valence-electron chi connectivity index (χ1n) is 9.96. The number of carbonyl (C=O) groups is 2. The van der Waals surface area contributed by atoms with Gasteiger partial charge in [0.25, 0.3) is 11.5 Å². The SMILES string of the molecule is Cc1cccc2c(=O)[nH]c(COC(=O)C(CC(C)C)NC(=O)c3ccc(Cl)cc3)nc12. The number of aryl methyl sites for hydroxylation is 1. The average molecular weight is 442 g/mol. The second kappa shape index (κ2) is 9.75. The molecular weight excluding hydrogens is 418 g/mol. The van der Waals surface area contributed by atoms with E-state index < -0.39 is 17.9 Å². The fourth-order valence-corrected chi connectivity index (χ4v) is 3.31. The molecule has 162 valence electrons. The Morgan fingerprint density at radius 1 is 1.16 bits per heavy atom. The van der Waals surface area contributed by atoms with Crippen molar-refractivity contribution >= 4 is 34.4 Å². The van der Waals surface area contributed by atoms with Crippen molar-refractivity contribution in [2.24, 2.45) is 5.92 Å². The predicted molar refractivity (Wildman–Crippen MR) is 119 cm³/mol. The van der Waals surface area contributed by atoms with E-state index >= 15 is 0 Å². The van der Waals surface area contributed by atoms with Crippen LogP contribution in [0.2, 0.25) is 5.02 Å². The maximum atomic E-state index is 12.7. The highest BCUT2D eigenvalue weighted by molar-refractivity contribution is 6.30. The number of hydrogen-bond donors (Lipinski definition) is 2. The Kier molecular flexibility index (Phi) is 7.07. The zero-order chi connectivity index (χ0) is 22.5. The fraction of sp³-hybridized carbons (Fsp3) is 0.304. The van der Waals surface area contributed by atoms with Gasteiger partial charge in [0.15, 0.2) is 0 Å². The molecule has 0 radical (unpaired) electrons. The Morgan fingerprint density at radius 2 is 1.87 bits per heavy atom. The highest BCUT2D eigenvalue weighted by atomic mass is 35.5. The van der Waals surface area contributed by atoms with E-state index in [4.69, 9.17) is 16.3 Å². The van der Waals surface area contributed by atoms with E-state index in [1.807, 2.05) is 26.8 Å². The van der Waals surface area contributed by atoms with Gasteiger partial charge in [-0.1, -0.05) is 37.6 Å². The third-order valence-corrected chi connectivity index (χ3v) is 4.99. The summed E-state index contributed by atoms with van der Waals surface area (Å²) < 4.78 is 5.38. The van der Waals surface area contributed by atoms with Crippen LogP contribution in [0, 0.1) is 12.8 Å². The Hall–Kier alpha value is -3.19. The summed E-state index contributed by atoms with van der Waals surface area (Å²) in [7, 11) is 0. The molecule has 1 atom stereocenters. The van der Waals surface area contributed by atoms with Gasteiger partial charge in [0.2, 0.25) is 0 Å². The van der Waals surface area contributed by atoms with Crippen molar-refractivity contribution in [2.45, 2.75) is 39.8 Å². The van der Waals surface area contributed by atoms with Gasteiger partial charge in [0.05, 0.1) is 10.9 Å². The number of ether oxygens (including phenoxy) is 1. The summed E-state index contributed by atoms with van der Waals surface area (Å²) in [6.45, 7) is 5.54. The van der Waals surface area contributed by atoms with E-state index in [2.05, 4.69) is 15.3 Å². The number of fused-ring (bicyclic) bond motifs is 1. The Labute approximate surface area is 184 Å². The first-order chi connectivity index (χ1) is 14.7. The molecule has 3 rings (SSSR count). The van der Waals surface area contributed by atoms with E-state index in [9.17, 15) is 14.4 Å². The highest BCUT2D eigenvalue weighted by Crippen LogP contribution is 2.14. The van der Waals surface area contributed by atoms with Crippen molar-refractivity contribution in [2.75, 3.05) is 0 Å². The van der Waals surface area contributed by atoms with E-state index in [0.29, 0.717) is 27.9 Å². The Bertz CT molecular complexity index is 1160. The summed E-state index contributed by atoms with van der Waals surface area (Å²) in [6, 6.07) is 10.9. The molecule has 3 aromatic rings. The number of para-hydroxylation sites is 1. The summed E-state index contributed by atoms with van der Waals surface area (Å²) in [5.41, 5.74) is 1.51. The van der Waals surface area contributed by atoms with Crippen LogP contribution in [0.25, 0.3) is 10.9 Å². The van der Waals surface area contributed by atoms with Crippen molar-refractivity contribution in [1.82, 2.24) is 15.3 Å². The zero-order valence-corrected chi connectivity index (χ0v) is 18.3. The fourth-order valence-electron chi connectivity index (χ4n) is 3.19. The van der Waals surface area contributed by atoms with Crippen LogP contribution in [-0.4, -0.2) is 27.9 Å². The minimum atomic E-state index is -0.836. The van der Waals surface area contributed by atoms with Crippen LogP contribution in [0.15, 0.2) is 47.3 Å². The average Bonchev–Trinajstić information content (AvgIpc) is 2.72. The highest BCUT2D eigenvalue weighted by Gasteiger charge is 2.24. The van der Waals surface area contributed by atoms with Gasteiger partial charge < -0.3 is 15.0 Å². The molecule has 2 N–H and O–H groups in total. The number of amides is 1. The second-order valence-corrected chi connectivity index (χ2v) is 8.19. The van der Waals surface area contributed by atoms with Gasteiger partial charge in [-0.25, -0.2) is 9.78 Å². The van der Waals surface area contributed by atoms with Gasteiger partial charge in [-0.2, -0.15) is 0 Å². The zero-order valence-electron chi connectivity index (χ0n) is 17.6. The molecule has 0 fully saturated rings. The molecule has 1 amide bonds. The lowest BCUT2D eigenvalue weighted by Gasteiger charge is -2.19. The lowest BCUT2D eigenvalue weighted by molar-refractivity contribution is -0.148. The Balaban J connectivity index is 1.73. The number of hydrogen-bond acceptors (Lipinski definition) is 5. The monoisotopic (exact) mass is 441 g/mol. The lowest BCUT2D eigenvalue weighted by atomic mass is 10.0. The molecule has 7 nitrogen and oxygen atoms in total.